The summed E-state index contributed by atoms with van der Waals surface area (Å²) in [6.07, 6.45) is 2.90. The van der Waals surface area contributed by atoms with Gasteiger partial charge in [-0.25, -0.2) is 4.98 Å². The standard InChI is InChI=1S/C13H21N7/c1-3-20-5-4-9(7-20)6-15-11-10-12(17-8-16-10)19-13(14-2)18-11/h8-9H,3-7H2,1-2H3,(H3,14,15,16,17,18,19). The van der Waals surface area contributed by atoms with E-state index in [1.807, 2.05) is 7.05 Å². The van der Waals surface area contributed by atoms with Gasteiger partial charge in [-0.05, 0) is 25.4 Å². The number of imidazole rings is 1. The maximum Gasteiger partial charge on any atom is 0.226 e. The molecule has 7 heteroatoms. The molecule has 1 unspecified atom stereocenters. The molecule has 7 nitrogen and oxygen atoms in total. The van der Waals surface area contributed by atoms with Crippen LogP contribution in [0.5, 0.6) is 0 Å². The van der Waals surface area contributed by atoms with Crippen molar-refractivity contribution < 1.29 is 0 Å². The van der Waals surface area contributed by atoms with Crippen molar-refractivity contribution >= 4 is 22.9 Å². The molecular weight excluding hydrogens is 254 g/mol. The smallest absolute Gasteiger partial charge is 0.226 e. The van der Waals surface area contributed by atoms with Crippen LogP contribution in [0.4, 0.5) is 11.8 Å². The maximum atomic E-state index is 4.47. The number of H-pyrrole nitrogens is 1. The lowest BCUT2D eigenvalue weighted by molar-refractivity contribution is 0.345. The minimum absolute atomic E-state index is 0.591. The minimum atomic E-state index is 0.591. The first-order valence-electron chi connectivity index (χ1n) is 7.15. The molecule has 0 saturated carbocycles. The van der Waals surface area contributed by atoms with Gasteiger partial charge in [0.05, 0.1) is 6.33 Å². The van der Waals surface area contributed by atoms with Gasteiger partial charge >= 0.3 is 0 Å². The zero-order valence-electron chi connectivity index (χ0n) is 12.0. The Bertz CT molecular complexity index is 579. The van der Waals surface area contributed by atoms with E-state index >= 15 is 0 Å². The molecule has 3 rings (SSSR count). The Labute approximate surface area is 118 Å². The molecule has 0 spiro atoms. The highest BCUT2D eigenvalue weighted by molar-refractivity contribution is 5.83. The SMILES string of the molecule is CCN1CCC(CNc2nc(NC)nc3nc[nH]c23)C1. The summed E-state index contributed by atoms with van der Waals surface area (Å²) in [5, 5.41) is 6.42. The second-order valence-corrected chi connectivity index (χ2v) is 5.18. The number of aromatic nitrogens is 4. The molecule has 2 aromatic rings. The number of hydrogen-bond acceptors (Lipinski definition) is 6. The second-order valence-electron chi connectivity index (χ2n) is 5.18. The Morgan fingerprint density at radius 1 is 1.45 bits per heavy atom. The summed E-state index contributed by atoms with van der Waals surface area (Å²) in [6, 6.07) is 0. The number of likely N-dealkylation sites (tertiary alicyclic amines) is 1. The number of aromatic amines is 1. The Morgan fingerprint density at radius 2 is 2.35 bits per heavy atom. The summed E-state index contributed by atoms with van der Waals surface area (Å²) >= 11 is 0. The number of anilines is 2. The van der Waals surface area contributed by atoms with Crippen LogP contribution in [-0.2, 0) is 0 Å². The van der Waals surface area contributed by atoms with Crippen molar-refractivity contribution in [2.24, 2.45) is 5.92 Å². The number of hydrogen-bond donors (Lipinski definition) is 3. The van der Waals surface area contributed by atoms with Crippen LogP contribution in [0.3, 0.4) is 0 Å². The zero-order valence-corrected chi connectivity index (χ0v) is 12.0. The first-order chi connectivity index (χ1) is 9.80. The highest BCUT2D eigenvalue weighted by atomic mass is 15.2. The number of nitrogens with zero attached hydrogens (tertiary/aromatic N) is 4. The van der Waals surface area contributed by atoms with E-state index in [1.165, 1.54) is 19.5 Å². The van der Waals surface area contributed by atoms with E-state index in [4.69, 9.17) is 0 Å². The molecule has 1 fully saturated rings. The van der Waals surface area contributed by atoms with Gasteiger partial charge in [0.2, 0.25) is 5.95 Å². The summed E-state index contributed by atoms with van der Waals surface area (Å²) in [6.45, 7) is 6.66. The second kappa shape index (κ2) is 5.62. The highest BCUT2D eigenvalue weighted by Crippen LogP contribution is 2.21. The van der Waals surface area contributed by atoms with Crippen molar-refractivity contribution in [2.75, 3.05) is 43.9 Å². The van der Waals surface area contributed by atoms with Crippen molar-refractivity contribution in [1.82, 2.24) is 24.8 Å². The molecule has 0 bridgehead atoms. The van der Waals surface area contributed by atoms with E-state index in [0.29, 0.717) is 17.5 Å². The van der Waals surface area contributed by atoms with Gasteiger partial charge in [0, 0.05) is 20.1 Å². The molecule has 108 valence electrons. The van der Waals surface area contributed by atoms with Crippen molar-refractivity contribution in [3.63, 3.8) is 0 Å². The third-order valence-electron chi connectivity index (χ3n) is 3.88. The first kappa shape index (κ1) is 13.1. The highest BCUT2D eigenvalue weighted by Gasteiger charge is 2.21. The number of nitrogens with one attached hydrogen (secondary N) is 3. The fourth-order valence-electron chi connectivity index (χ4n) is 2.68. The normalized spacial score (nSPS) is 19.6. The molecule has 3 N–H and O–H groups in total. The number of fused-ring (bicyclic) bond motifs is 1. The molecule has 0 radical (unpaired) electrons. The van der Waals surface area contributed by atoms with Crippen LogP contribution >= 0.6 is 0 Å². The minimum Gasteiger partial charge on any atom is -0.368 e. The van der Waals surface area contributed by atoms with Gasteiger partial charge in [0.25, 0.3) is 0 Å². The number of rotatable bonds is 5. The van der Waals surface area contributed by atoms with Crippen LogP contribution < -0.4 is 10.6 Å². The molecule has 1 aliphatic heterocycles. The van der Waals surface area contributed by atoms with Crippen LogP contribution in [0.1, 0.15) is 13.3 Å². The first-order valence-corrected chi connectivity index (χ1v) is 7.15. The van der Waals surface area contributed by atoms with Crippen molar-refractivity contribution in [1.29, 1.82) is 0 Å². The molecule has 1 atom stereocenters. The van der Waals surface area contributed by atoms with E-state index in [-0.39, 0.29) is 0 Å². The maximum absolute atomic E-state index is 4.47. The summed E-state index contributed by atoms with van der Waals surface area (Å²) in [7, 11) is 1.81. The Kier molecular flexibility index (Phi) is 3.68. The van der Waals surface area contributed by atoms with Crippen LogP contribution in [0.25, 0.3) is 11.2 Å². The van der Waals surface area contributed by atoms with Crippen LogP contribution in [-0.4, -0.2) is 58.1 Å². The fraction of sp³-hybridized carbons (Fsp3) is 0.615. The van der Waals surface area contributed by atoms with E-state index in [2.05, 4.69) is 42.4 Å². The fourth-order valence-corrected chi connectivity index (χ4v) is 2.68. The summed E-state index contributed by atoms with van der Waals surface area (Å²) < 4.78 is 0. The summed E-state index contributed by atoms with van der Waals surface area (Å²) in [5.74, 6) is 2.10. The molecule has 0 aliphatic carbocycles. The predicted molar refractivity (Wildman–Crippen MR) is 79.9 cm³/mol. The molecule has 3 heterocycles. The molecule has 2 aromatic heterocycles. The van der Waals surface area contributed by atoms with Gasteiger partial charge in [-0.15, -0.1) is 0 Å². The van der Waals surface area contributed by atoms with Crippen molar-refractivity contribution in [3.05, 3.63) is 6.33 Å². The quantitative estimate of drug-likeness (QED) is 0.759. The molecule has 1 saturated heterocycles. The lowest BCUT2D eigenvalue weighted by Crippen LogP contribution is -2.22. The lowest BCUT2D eigenvalue weighted by Gasteiger charge is -2.14. The summed E-state index contributed by atoms with van der Waals surface area (Å²) in [4.78, 5) is 18.6. The molecule has 20 heavy (non-hydrogen) atoms. The third kappa shape index (κ3) is 2.53. The van der Waals surface area contributed by atoms with Crippen LogP contribution in [0.15, 0.2) is 6.33 Å². The molecular formula is C13H21N7. The molecule has 0 aromatic carbocycles. The van der Waals surface area contributed by atoms with Gasteiger partial charge in [0.15, 0.2) is 11.5 Å². The van der Waals surface area contributed by atoms with E-state index in [1.54, 1.807) is 6.33 Å². The van der Waals surface area contributed by atoms with Gasteiger partial charge in [0.1, 0.15) is 5.52 Å². The summed E-state index contributed by atoms with van der Waals surface area (Å²) in [5.41, 5.74) is 1.56. The zero-order chi connectivity index (χ0) is 13.9. The van der Waals surface area contributed by atoms with Crippen LogP contribution in [0, 0.1) is 5.92 Å². The van der Waals surface area contributed by atoms with Gasteiger partial charge in [-0.3, -0.25) is 0 Å². The van der Waals surface area contributed by atoms with Crippen molar-refractivity contribution in [3.8, 4) is 0 Å². The van der Waals surface area contributed by atoms with E-state index < -0.39 is 0 Å². The monoisotopic (exact) mass is 275 g/mol. The Balaban J connectivity index is 1.72. The van der Waals surface area contributed by atoms with Gasteiger partial charge < -0.3 is 20.5 Å². The average molecular weight is 275 g/mol. The van der Waals surface area contributed by atoms with E-state index in [0.717, 1.165) is 24.4 Å². The predicted octanol–water partition coefficient (Wildman–Crippen LogP) is 1.15. The lowest BCUT2D eigenvalue weighted by atomic mass is 10.1. The topological polar surface area (TPSA) is 81.8 Å². The van der Waals surface area contributed by atoms with Gasteiger partial charge in [-0.2, -0.15) is 9.97 Å². The largest absolute Gasteiger partial charge is 0.368 e. The Morgan fingerprint density at radius 3 is 3.10 bits per heavy atom. The van der Waals surface area contributed by atoms with Gasteiger partial charge in [-0.1, -0.05) is 6.92 Å². The van der Waals surface area contributed by atoms with Crippen LogP contribution in [0.2, 0.25) is 0 Å². The average Bonchev–Trinajstić information content (AvgIpc) is 3.12. The Hall–Kier alpha value is -1.89. The molecule has 0 amide bonds. The van der Waals surface area contributed by atoms with Crippen molar-refractivity contribution in [2.45, 2.75) is 13.3 Å². The van der Waals surface area contributed by atoms with E-state index in [9.17, 15) is 0 Å². The third-order valence-corrected chi connectivity index (χ3v) is 3.88. The molecule has 1 aliphatic rings.